The lowest BCUT2D eigenvalue weighted by atomic mass is 10.1. The van der Waals surface area contributed by atoms with Crippen LogP contribution in [0.25, 0.3) is 0 Å². The third kappa shape index (κ3) is 3.93. The van der Waals surface area contributed by atoms with E-state index in [9.17, 15) is 17.6 Å². The van der Waals surface area contributed by atoms with E-state index in [0.717, 1.165) is 12.1 Å². The van der Waals surface area contributed by atoms with E-state index in [1.54, 1.807) is 0 Å². The Morgan fingerprint density at radius 1 is 1.32 bits per heavy atom. The Labute approximate surface area is 108 Å². The molecule has 6 heteroatoms. The molecular formula is C13H12F4N2. The highest BCUT2D eigenvalue weighted by molar-refractivity contribution is 5.37. The van der Waals surface area contributed by atoms with Crippen LogP contribution in [0.2, 0.25) is 0 Å². The molecule has 1 fully saturated rings. The Morgan fingerprint density at radius 2 is 2.00 bits per heavy atom. The fourth-order valence-corrected chi connectivity index (χ4v) is 2.01. The van der Waals surface area contributed by atoms with Crippen molar-refractivity contribution in [3.8, 4) is 6.07 Å². The van der Waals surface area contributed by atoms with Gasteiger partial charge in [0, 0.05) is 12.6 Å². The predicted molar refractivity (Wildman–Crippen MR) is 60.6 cm³/mol. The maximum Gasteiger partial charge on any atom is 0.401 e. The van der Waals surface area contributed by atoms with Gasteiger partial charge in [-0.05, 0) is 36.6 Å². The standard InChI is InChI=1S/C13H12F4N2/c14-11-2-1-9(6-18)10(5-11)7-19(12-3-4-12)8-13(15,16)17/h1-2,5,12H,3-4,7-8H2. The molecule has 0 aromatic heterocycles. The number of nitrogens with zero attached hydrogens (tertiary/aromatic N) is 2. The van der Waals surface area contributed by atoms with E-state index in [1.807, 2.05) is 6.07 Å². The Morgan fingerprint density at radius 3 is 2.53 bits per heavy atom. The van der Waals surface area contributed by atoms with Crippen molar-refractivity contribution in [1.29, 1.82) is 5.26 Å². The minimum atomic E-state index is -4.29. The Hall–Kier alpha value is -1.61. The van der Waals surface area contributed by atoms with E-state index < -0.39 is 18.5 Å². The fraction of sp³-hybridized carbons (Fsp3) is 0.462. The number of nitriles is 1. The average Bonchev–Trinajstić information content (AvgIpc) is 3.10. The van der Waals surface area contributed by atoms with Gasteiger partial charge in [-0.3, -0.25) is 4.90 Å². The zero-order chi connectivity index (χ0) is 14.0. The van der Waals surface area contributed by atoms with Crippen molar-refractivity contribution >= 4 is 0 Å². The molecule has 0 heterocycles. The van der Waals surface area contributed by atoms with Gasteiger partial charge in [0.15, 0.2) is 0 Å². The van der Waals surface area contributed by atoms with Gasteiger partial charge in [-0.1, -0.05) is 0 Å². The molecule has 0 spiro atoms. The van der Waals surface area contributed by atoms with Crippen LogP contribution in [-0.2, 0) is 6.54 Å². The van der Waals surface area contributed by atoms with Gasteiger partial charge in [0.25, 0.3) is 0 Å². The molecule has 0 radical (unpaired) electrons. The Bertz CT molecular complexity index is 500. The van der Waals surface area contributed by atoms with Crippen molar-refractivity contribution in [2.45, 2.75) is 31.6 Å². The molecule has 2 nitrogen and oxygen atoms in total. The van der Waals surface area contributed by atoms with Gasteiger partial charge in [-0.25, -0.2) is 4.39 Å². The number of rotatable bonds is 4. The van der Waals surface area contributed by atoms with Gasteiger partial charge < -0.3 is 0 Å². The van der Waals surface area contributed by atoms with E-state index in [4.69, 9.17) is 5.26 Å². The third-order valence-electron chi connectivity index (χ3n) is 3.01. The second-order valence-corrected chi connectivity index (χ2v) is 4.66. The summed E-state index contributed by atoms with van der Waals surface area (Å²) >= 11 is 0. The quantitative estimate of drug-likeness (QED) is 0.787. The lowest BCUT2D eigenvalue weighted by Gasteiger charge is -2.23. The first-order chi connectivity index (χ1) is 8.89. The topological polar surface area (TPSA) is 27.0 Å². The summed E-state index contributed by atoms with van der Waals surface area (Å²) in [6.45, 7) is -1.08. The smallest absolute Gasteiger partial charge is 0.288 e. The zero-order valence-electron chi connectivity index (χ0n) is 10.0. The molecule has 0 unspecified atom stereocenters. The summed E-state index contributed by atoms with van der Waals surface area (Å²) in [5, 5.41) is 8.90. The molecule has 1 aromatic rings. The maximum absolute atomic E-state index is 13.1. The van der Waals surface area contributed by atoms with E-state index in [0.29, 0.717) is 18.4 Å². The van der Waals surface area contributed by atoms with Crippen molar-refractivity contribution in [2.24, 2.45) is 0 Å². The molecule has 102 valence electrons. The predicted octanol–water partition coefficient (Wildman–Crippen LogP) is 3.22. The van der Waals surface area contributed by atoms with Crippen LogP contribution in [0.4, 0.5) is 17.6 Å². The van der Waals surface area contributed by atoms with Crippen LogP contribution < -0.4 is 0 Å². The number of benzene rings is 1. The molecule has 19 heavy (non-hydrogen) atoms. The SMILES string of the molecule is N#Cc1ccc(F)cc1CN(CC(F)(F)F)C1CC1. The minimum Gasteiger partial charge on any atom is -0.288 e. The molecule has 0 aliphatic heterocycles. The van der Waals surface area contributed by atoms with Crippen LogP contribution >= 0.6 is 0 Å². The van der Waals surface area contributed by atoms with Gasteiger partial charge in [0.05, 0.1) is 18.2 Å². The monoisotopic (exact) mass is 272 g/mol. The largest absolute Gasteiger partial charge is 0.401 e. The van der Waals surface area contributed by atoms with Gasteiger partial charge in [-0.15, -0.1) is 0 Å². The van der Waals surface area contributed by atoms with Crippen LogP contribution in [0.1, 0.15) is 24.0 Å². The third-order valence-corrected chi connectivity index (χ3v) is 3.01. The molecule has 1 saturated carbocycles. The van der Waals surface area contributed by atoms with Crippen LogP contribution in [0.5, 0.6) is 0 Å². The Kier molecular flexibility index (Phi) is 3.76. The van der Waals surface area contributed by atoms with E-state index in [2.05, 4.69) is 0 Å². The molecule has 2 rings (SSSR count). The second kappa shape index (κ2) is 5.17. The summed E-state index contributed by atoms with van der Waals surface area (Å²) in [4.78, 5) is 1.26. The fourth-order valence-electron chi connectivity index (χ4n) is 2.01. The number of halogens is 4. The van der Waals surface area contributed by atoms with Crippen molar-refractivity contribution in [3.63, 3.8) is 0 Å². The summed E-state index contributed by atoms with van der Waals surface area (Å²) in [5.41, 5.74) is 0.521. The first kappa shape index (κ1) is 13.8. The van der Waals surface area contributed by atoms with Gasteiger partial charge in [-0.2, -0.15) is 18.4 Å². The molecule has 1 aliphatic carbocycles. The highest BCUT2D eigenvalue weighted by Crippen LogP contribution is 2.31. The summed E-state index contributed by atoms with van der Waals surface area (Å²) in [5.74, 6) is -0.545. The summed E-state index contributed by atoms with van der Waals surface area (Å²) in [7, 11) is 0. The van der Waals surface area contributed by atoms with E-state index in [-0.39, 0.29) is 18.2 Å². The lowest BCUT2D eigenvalue weighted by Crippen LogP contribution is -2.35. The molecule has 1 aliphatic rings. The van der Waals surface area contributed by atoms with Crippen molar-refractivity contribution in [2.75, 3.05) is 6.54 Å². The summed E-state index contributed by atoms with van der Waals surface area (Å²) < 4.78 is 50.6. The molecule has 0 N–H and O–H groups in total. The van der Waals surface area contributed by atoms with E-state index >= 15 is 0 Å². The normalized spacial score (nSPS) is 15.6. The van der Waals surface area contributed by atoms with Crippen molar-refractivity contribution < 1.29 is 17.6 Å². The molecular weight excluding hydrogens is 260 g/mol. The van der Waals surface area contributed by atoms with Crippen molar-refractivity contribution in [3.05, 3.63) is 35.1 Å². The van der Waals surface area contributed by atoms with Crippen molar-refractivity contribution in [1.82, 2.24) is 4.90 Å². The number of alkyl halides is 3. The highest BCUT2D eigenvalue weighted by atomic mass is 19.4. The first-order valence-corrected chi connectivity index (χ1v) is 5.88. The summed E-state index contributed by atoms with van der Waals surface area (Å²) in [6.07, 6.45) is -2.86. The minimum absolute atomic E-state index is 0.0508. The van der Waals surface area contributed by atoms with Crippen LogP contribution in [0.15, 0.2) is 18.2 Å². The average molecular weight is 272 g/mol. The molecule has 0 saturated heterocycles. The first-order valence-electron chi connectivity index (χ1n) is 5.88. The lowest BCUT2D eigenvalue weighted by molar-refractivity contribution is -0.148. The number of hydrogen-bond donors (Lipinski definition) is 0. The van der Waals surface area contributed by atoms with Crippen LogP contribution in [0.3, 0.4) is 0 Å². The number of hydrogen-bond acceptors (Lipinski definition) is 2. The van der Waals surface area contributed by atoms with Gasteiger partial charge >= 0.3 is 6.18 Å². The molecule has 1 aromatic carbocycles. The highest BCUT2D eigenvalue weighted by Gasteiger charge is 2.38. The Balaban J connectivity index is 2.17. The zero-order valence-corrected chi connectivity index (χ0v) is 10.0. The second-order valence-electron chi connectivity index (χ2n) is 4.66. The van der Waals surface area contributed by atoms with Gasteiger partial charge in [0.1, 0.15) is 5.82 Å². The maximum atomic E-state index is 13.1. The van der Waals surface area contributed by atoms with Crippen LogP contribution in [-0.4, -0.2) is 23.7 Å². The summed E-state index contributed by atoms with van der Waals surface area (Å²) in [6, 6.07) is 5.32. The molecule has 0 amide bonds. The van der Waals surface area contributed by atoms with Gasteiger partial charge in [0.2, 0.25) is 0 Å². The van der Waals surface area contributed by atoms with E-state index in [1.165, 1.54) is 11.0 Å². The van der Waals surface area contributed by atoms with Crippen LogP contribution in [0, 0.1) is 17.1 Å². The molecule has 0 bridgehead atoms. The molecule has 0 atom stereocenters.